The van der Waals surface area contributed by atoms with E-state index in [1.807, 2.05) is 6.08 Å². The minimum atomic E-state index is -3.80. The lowest BCUT2D eigenvalue weighted by Crippen LogP contribution is -2.13. The van der Waals surface area contributed by atoms with Crippen LogP contribution in [-0.2, 0) is 20.0 Å². The molecule has 0 aliphatic heterocycles. The fraction of sp³-hybridized carbons (Fsp3) is 0.375. The molecule has 0 bridgehead atoms. The Morgan fingerprint density at radius 3 is 1.65 bits per heavy atom. The van der Waals surface area contributed by atoms with Crippen molar-refractivity contribution in [3.05, 3.63) is 89.5 Å². The largest absolute Gasteiger partial charge is 0.282 e. The molecule has 1 fully saturated rings. The number of alkyl halides is 4. The highest BCUT2D eigenvalue weighted by atomic mass is 32.2. The highest BCUT2D eigenvalue weighted by molar-refractivity contribution is 7.89. The minimum Gasteiger partial charge on any atom is -0.237 e. The lowest BCUT2D eigenvalue weighted by Gasteiger charge is -2.22. The molecule has 2 aromatic heterocycles. The van der Waals surface area contributed by atoms with Crippen LogP contribution in [0.5, 0.6) is 0 Å². The predicted molar refractivity (Wildman–Crippen MR) is 172 cm³/mol. The first kappa shape index (κ1) is 35.4. The third-order valence-electron chi connectivity index (χ3n) is 8.39. The van der Waals surface area contributed by atoms with E-state index in [-0.39, 0.29) is 27.1 Å². The van der Waals surface area contributed by atoms with Crippen molar-refractivity contribution in [3.63, 3.8) is 0 Å². The van der Waals surface area contributed by atoms with Gasteiger partial charge in [-0.1, -0.05) is 25.3 Å². The van der Waals surface area contributed by atoms with Crippen LogP contribution in [0.1, 0.15) is 99.3 Å². The number of hydrogen-bond acceptors (Lipinski definition) is 6. The summed E-state index contributed by atoms with van der Waals surface area (Å²) in [4.78, 5) is -0.0578. The average Bonchev–Trinajstić information content (AvgIpc) is 3.72. The molecule has 2 aromatic carbocycles. The van der Waals surface area contributed by atoms with E-state index in [2.05, 4.69) is 10.2 Å². The summed E-state index contributed by atoms with van der Waals surface area (Å²) in [5.74, 6) is 0.191. The summed E-state index contributed by atoms with van der Waals surface area (Å²) in [5.41, 5.74) is 2.86. The molecule has 6 rings (SSSR count). The van der Waals surface area contributed by atoms with Gasteiger partial charge in [0.15, 0.2) is 0 Å². The first-order valence-electron chi connectivity index (χ1n) is 15.4. The normalized spacial score (nSPS) is 16.1. The van der Waals surface area contributed by atoms with Crippen LogP contribution in [0.15, 0.2) is 76.5 Å². The molecule has 0 unspecified atom stereocenters. The van der Waals surface area contributed by atoms with Gasteiger partial charge in [0, 0.05) is 11.6 Å². The highest BCUT2D eigenvalue weighted by Gasteiger charge is 2.25. The lowest BCUT2D eigenvalue weighted by atomic mass is 9.86. The van der Waals surface area contributed by atoms with Crippen LogP contribution >= 0.6 is 0 Å². The van der Waals surface area contributed by atoms with Gasteiger partial charge in [-0.05, 0) is 105 Å². The molecule has 10 nitrogen and oxygen atoms in total. The molecule has 0 radical (unpaired) electrons. The van der Waals surface area contributed by atoms with Gasteiger partial charge in [-0.3, -0.25) is 0 Å². The minimum absolute atomic E-state index is 0.0216. The van der Waals surface area contributed by atoms with Gasteiger partial charge in [0.1, 0.15) is 11.4 Å². The SMILES string of the molecule is NS(=O)(=O)c1ccc(-n2nc(C(F)F)cc2C2=CCCCC2)cc1.NS(=O)(=O)c1ccc(-n2nc(C(F)F)cc2C2CCCCC2)cc1. The summed E-state index contributed by atoms with van der Waals surface area (Å²) in [5, 5.41) is 18.2. The number of allylic oxidation sites excluding steroid dienone is 2. The van der Waals surface area contributed by atoms with E-state index in [1.165, 1.54) is 70.0 Å². The first-order chi connectivity index (χ1) is 22.7. The maximum atomic E-state index is 13.1. The van der Waals surface area contributed by atoms with Crippen molar-refractivity contribution in [2.24, 2.45) is 10.3 Å². The Hall–Kier alpha value is -3.86. The standard InChI is InChI=1S/C16H19F2N3O2S.C16H17F2N3O2S/c2*17-16(18)14-10-15(11-4-2-1-3-5-11)21(20-14)12-6-8-13(9-7-12)24(19,22)23/h6-11,16H,1-5H2,(H2,19,22,23);4,6-10,16H,1-3,5H2,(H2,19,22,23). The molecule has 0 spiro atoms. The van der Waals surface area contributed by atoms with E-state index >= 15 is 0 Å². The lowest BCUT2D eigenvalue weighted by molar-refractivity contribution is 0.145. The number of sulfonamides is 2. The molecule has 258 valence electrons. The molecule has 1 saturated carbocycles. The second-order valence-electron chi connectivity index (χ2n) is 11.8. The summed E-state index contributed by atoms with van der Waals surface area (Å²) in [6.45, 7) is 0. The number of nitrogens with two attached hydrogens (primary N) is 2. The van der Waals surface area contributed by atoms with Gasteiger partial charge in [0.05, 0.1) is 26.9 Å². The first-order valence-corrected chi connectivity index (χ1v) is 18.5. The number of halogens is 4. The van der Waals surface area contributed by atoms with Crippen LogP contribution in [0.2, 0.25) is 0 Å². The summed E-state index contributed by atoms with van der Waals surface area (Å²) >= 11 is 0. The van der Waals surface area contributed by atoms with Gasteiger partial charge in [-0.25, -0.2) is 54.0 Å². The number of primary sulfonamides is 2. The van der Waals surface area contributed by atoms with Gasteiger partial charge >= 0.3 is 0 Å². The number of nitrogens with zero attached hydrogens (tertiary/aromatic N) is 4. The predicted octanol–water partition coefficient (Wildman–Crippen LogP) is 6.92. The fourth-order valence-corrected chi connectivity index (χ4v) is 7.00. The Balaban J connectivity index is 0.000000188. The van der Waals surface area contributed by atoms with Crippen molar-refractivity contribution in [2.75, 3.05) is 0 Å². The maximum Gasteiger partial charge on any atom is 0.282 e. The summed E-state index contributed by atoms with van der Waals surface area (Å²) in [6, 6.07) is 14.4. The van der Waals surface area contributed by atoms with E-state index in [1.54, 1.807) is 0 Å². The van der Waals surface area contributed by atoms with Crippen LogP contribution in [0, 0.1) is 0 Å². The summed E-state index contributed by atoms with van der Waals surface area (Å²) in [7, 11) is -7.59. The molecule has 0 amide bonds. The van der Waals surface area contributed by atoms with E-state index in [4.69, 9.17) is 10.3 Å². The third-order valence-corrected chi connectivity index (χ3v) is 10.3. The van der Waals surface area contributed by atoms with Crippen molar-refractivity contribution in [1.82, 2.24) is 19.6 Å². The van der Waals surface area contributed by atoms with Crippen LogP contribution < -0.4 is 10.3 Å². The second-order valence-corrected chi connectivity index (χ2v) is 14.9. The zero-order valence-electron chi connectivity index (χ0n) is 25.9. The van der Waals surface area contributed by atoms with Crippen LogP contribution in [0.3, 0.4) is 0 Å². The van der Waals surface area contributed by atoms with Gasteiger partial charge in [-0.2, -0.15) is 10.2 Å². The molecule has 48 heavy (non-hydrogen) atoms. The molecule has 0 saturated heterocycles. The summed E-state index contributed by atoms with van der Waals surface area (Å²) in [6.07, 6.45) is 5.75. The maximum absolute atomic E-state index is 13.1. The molecule has 4 aromatic rings. The molecule has 0 atom stereocenters. The smallest absolute Gasteiger partial charge is 0.237 e. The molecular weight excluding hydrogens is 673 g/mol. The Kier molecular flexibility index (Phi) is 10.9. The molecule has 2 heterocycles. The molecule has 16 heteroatoms. The topological polar surface area (TPSA) is 156 Å². The van der Waals surface area contributed by atoms with Gasteiger partial charge < -0.3 is 0 Å². The molecule has 2 aliphatic rings. The van der Waals surface area contributed by atoms with E-state index < -0.39 is 32.9 Å². The van der Waals surface area contributed by atoms with Crippen LogP contribution in [0.4, 0.5) is 17.6 Å². The number of hydrogen-bond donors (Lipinski definition) is 2. The van der Waals surface area contributed by atoms with Crippen molar-refractivity contribution in [2.45, 2.75) is 86.3 Å². The summed E-state index contributed by atoms with van der Waals surface area (Å²) < 4.78 is 101. The molecular formula is C32H36F4N6O4S2. The van der Waals surface area contributed by atoms with Crippen LogP contribution in [-0.4, -0.2) is 36.4 Å². The van der Waals surface area contributed by atoms with Gasteiger partial charge in [0.2, 0.25) is 20.0 Å². The van der Waals surface area contributed by atoms with Gasteiger partial charge in [0.25, 0.3) is 12.9 Å². The van der Waals surface area contributed by atoms with Gasteiger partial charge in [-0.15, -0.1) is 0 Å². The van der Waals surface area contributed by atoms with Crippen LogP contribution in [0.25, 0.3) is 16.9 Å². The fourth-order valence-electron chi connectivity index (χ4n) is 5.97. The van der Waals surface area contributed by atoms with E-state index in [9.17, 15) is 34.4 Å². The molecule has 2 aliphatic carbocycles. The third kappa shape index (κ3) is 8.40. The number of aromatic nitrogens is 4. The zero-order chi connectivity index (χ0) is 34.6. The Morgan fingerprint density at radius 1 is 0.667 bits per heavy atom. The van der Waals surface area contributed by atoms with Crippen molar-refractivity contribution < 1.29 is 34.4 Å². The van der Waals surface area contributed by atoms with E-state index in [0.29, 0.717) is 17.1 Å². The Morgan fingerprint density at radius 2 is 1.17 bits per heavy atom. The number of rotatable bonds is 8. The van der Waals surface area contributed by atoms with E-state index in [0.717, 1.165) is 69.1 Å². The average molecular weight is 709 g/mol. The van der Waals surface area contributed by atoms with Crippen molar-refractivity contribution in [3.8, 4) is 11.4 Å². The second kappa shape index (κ2) is 14.7. The highest BCUT2D eigenvalue weighted by Crippen LogP contribution is 2.36. The quantitative estimate of drug-likeness (QED) is 0.189. The van der Waals surface area contributed by atoms with Crippen molar-refractivity contribution in [1.29, 1.82) is 0 Å². The monoisotopic (exact) mass is 708 g/mol. The zero-order valence-corrected chi connectivity index (χ0v) is 27.5. The Bertz CT molecular complexity index is 1970. The Labute approximate surface area is 276 Å². The molecule has 4 N–H and O–H groups in total. The van der Waals surface area contributed by atoms with Crippen molar-refractivity contribution >= 4 is 25.6 Å². The number of benzene rings is 2.